The third-order valence-corrected chi connectivity index (χ3v) is 2.49. The number of carbonyl (C=O) groups excluding carboxylic acids is 1. The summed E-state index contributed by atoms with van der Waals surface area (Å²) in [5, 5.41) is 20.3. The molecule has 0 saturated heterocycles. The summed E-state index contributed by atoms with van der Waals surface area (Å²) < 4.78 is 42.3. The van der Waals surface area contributed by atoms with E-state index in [-0.39, 0.29) is 17.8 Å². The topological polar surface area (TPSA) is 78.8 Å². The molecule has 0 saturated carbocycles. The van der Waals surface area contributed by atoms with Gasteiger partial charge in [0, 0.05) is 12.2 Å². The van der Waals surface area contributed by atoms with Crippen molar-refractivity contribution in [3.8, 4) is 0 Å². The number of nitrogens with one attached hydrogen (secondary N) is 1. The van der Waals surface area contributed by atoms with Gasteiger partial charge in [-0.2, -0.15) is 13.2 Å². The molecule has 0 bridgehead atoms. The van der Waals surface area contributed by atoms with Gasteiger partial charge in [0.05, 0.1) is 30.9 Å². The lowest BCUT2D eigenvalue weighted by Gasteiger charge is -2.15. The van der Waals surface area contributed by atoms with Crippen molar-refractivity contribution in [1.82, 2.24) is 0 Å². The maximum atomic E-state index is 12.6. The van der Waals surface area contributed by atoms with Gasteiger partial charge in [0.1, 0.15) is 0 Å². The first-order chi connectivity index (χ1) is 9.29. The van der Waals surface area contributed by atoms with Gasteiger partial charge < -0.3 is 20.3 Å². The summed E-state index contributed by atoms with van der Waals surface area (Å²) in [4.78, 5) is 11.5. The van der Waals surface area contributed by atoms with Gasteiger partial charge in [0.25, 0.3) is 0 Å². The number of benzene rings is 1. The molecule has 1 atom stereocenters. The largest absolute Gasteiger partial charge is 0.465 e. The van der Waals surface area contributed by atoms with Crippen LogP contribution in [0.2, 0.25) is 0 Å². The van der Waals surface area contributed by atoms with Gasteiger partial charge in [0.15, 0.2) is 0 Å². The minimum Gasteiger partial charge on any atom is -0.465 e. The maximum Gasteiger partial charge on any atom is 0.416 e. The van der Waals surface area contributed by atoms with Crippen LogP contribution in [0.5, 0.6) is 0 Å². The quantitative estimate of drug-likeness (QED) is 0.712. The number of carbonyl (C=O) groups is 1. The van der Waals surface area contributed by atoms with E-state index in [0.717, 1.165) is 25.3 Å². The highest BCUT2D eigenvalue weighted by atomic mass is 19.4. The molecule has 0 aliphatic carbocycles. The molecule has 0 aliphatic heterocycles. The van der Waals surface area contributed by atoms with Gasteiger partial charge in [-0.15, -0.1) is 0 Å². The fraction of sp³-hybridized carbons (Fsp3) is 0.417. The summed E-state index contributed by atoms with van der Waals surface area (Å²) in [6, 6.07) is 2.50. The number of hydrogen-bond acceptors (Lipinski definition) is 5. The highest BCUT2D eigenvalue weighted by Gasteiger charge is 2.31. The van der Waals surface area contributed by atoms with E-state index in [1.54, 1.807) is 0 Å². The number of methoxy groups -OCH3 is 1. The normalized spacial score (nSPS) is 12.9. The van der Waals surface area contributed by atoms with Crippen LogP contribution in [0.3, 0.4) is 0 Å². The lowest BCUT2D eigenvalue weighted by Crippen LogP contribution is -2.24. The fourth-order valence-electron chi connectivity index (χ4n) is 1.45. The zero-order valence-electron chi connectivity index (χ0n) is 10.6. The van der Waals surface area contributed by atoms with Crippen molar-refractivity contribution < 1.29 is 32.9 Å². The van der Waals surface area contributed by atoms with E-state index in [9.17, 15) is 23.1 Å². The van der Waals surface area contributed by atoms with Gasteiger partial charge >= 0.3 is 12.1 Å². The standard InChI is InChI=1S/C12H14F3NO4/c1-20-11(19)9-3-2-7(12(13,14)15)4-10(9)16-5-8(18)6-17/h2-4,8,16-18H,5-6H2,1H3. The Morgan fingerprint density at radius 2 is 2.10 bits per heavy atom. The van der Waals surface area contributed by atoms with Crippen molar-refractivity contribution in [2.45, 2.75) is 12.3 Å². The molecule has 1 aromatic rings. The van der Waals surface area contributed by atoms with E-state index in [2.05, 4.69) is 10.1 Å². The molecule has 1 unspecified atom stereocenters. The van der Waals surface area contributed by atoms with E-state index in [4.69, 9.17) is 5.11 Å². The van der Waals surface area contributed by atoms with Gasteiger partial charge in [-0.3, -0.25) is 0 Å². The summed E-state index contributed by atoms with van der Waals surface area (Å²) in [6.07, 6.45) is -5.71. The Morgan fingerprint density at radius 1 is 1.45 bits per heavy atom. The summed E-state index contributed by atoms with van der Waals surface area (Å²) in [7, 11) is 1.10. The predicted octanol–water partition coefficient (Wildman–Crippen LogP) is 1.26. The Kier molecular flexibility index (Phi) is 5.34. The maximum absolute atomic E-state index is 12.6. The molecule has 8 heteroatoms. The predicted molar refractivity (Wildman–Crippen MR) is 64.4 cm³/mol. The second-order valence-electron chi connectivity index (χ2n) is 3.97. The summed E-state index contributed by atoms with van der Waals surface area (Å²) in [5.41, 5.74) is -1.16. The average Bonchev–Trinajstić information content (AvgIpc) is 2.42. The third kappa shape index (κ3) is 4.10. The first-order valence-corrected chi connectivity index (χ1v) is 5.62. The molecule has 20 heavy (non-hydrogen) atoms. The van der Waals surface area contributed by atoms with Crippen molar-refractivity contribution in [1.29, 1.82) is 0 Å². The van der Waals surface area contributed by atoms with Gasteiger partial charge in [-0.05, 0) is 18.2 Å². The van der Waals surface area contributed by atoms with Crippen LogP contribution in [0.25, 0.3) is 0 Å². The molecule has 1 aromatic carbocycles. The first-order valence-electron chi connectivity index (χ1n) is 5.62. The number of rotatable bonds is 5. The Bertz CT molecular complexity index is 476. The third-order valence-electron chi connectivity index (χ3n) is 2.49. The Labute approximate surface area is 113 Å². The summed E-state index contributed by atoms with van der Waals surface area (Å²) in [5.74, 6) is -0.806. The highest BCUT2D eigenvalue weighted by molar-refractivity contribution is 5.95. The highest BCUT2D eigenvalue weighted by Crippen LogP contribution is 2.32. The summed E-state index contributed by atoms with van der Waals surface area (Å²) in [6.45, 7) is -0.763. The van der Waals surface area contributed by atoms with Gasteiger partial charge in [-0.1, -0.05) is 0 Å². The van der Waals surface area contributed by atoms with Crippen LogP contribution >= 0.6 is 0 Å². The number of anilines is 1. The van der Waals surface area contributed by atoms with Crippen molar-refractivity contribution in [2.24, 2.45) is 0 Å². The van der Waals surface area contributed by atoms with E-state index >= 15 is 0 Å². The second kappa shape index (κ2) is 6.58. The Hall–Kier alpha value is -1.80. The minimum absolute atomic E-state index is 0.0920. The molecule has 5 nitrogen and oxygen atoms in total. The van der Waals surface area contributed by atoms with E-state index < -0.39 is 30.4 Å². The van der Waals surface area contributed by atoms with Crippen molar-refractivity contribution in [2.75, 3.05) is 25.6 Å². The van der Waals surface area contributed by atoms with Gasteiger partial charge in [0.2, 0.25) is 0 Å². The summed E-state index contributed by atoms with van der Waals surface area (Å²) >= 11 is 0. The number of ether oxygens (including phenoxy) is 1. The number of esters is 1. The van der Waals surface area contributed by atoms with Crippen LogP contribution in [0, 0.1) is 0 Å². The van der Waals surface area contributed by atoms with E-state index in [1.807, 2.05) is 0 Å². The smallest absolute Gasteiger partial charge is 0.416 e. The number of aliphatic hydroxyl groups is 2. The van der Waals surface area contributed by atoms with E-state index in [1.165, 1.54) is 0 Å². The number of hydrogen-bond donors (Lipinski definition) is 3. The minimum atomic E-state index is -4.55. The Morgan fingerprint density at radius 3 is 2.60 bits per heavy atom. The van der Waals surface area contributed by atoms with E-state index in [0.29, 0.717) is 0 Å². The molecule has 0 aliphatic rings. The molecule has 0 radical (unpaired) electrons. The molecule has 0 heterocycles. The average molecular weight is 293 g/mol. The van der Waals surface area contributed by atoms with Crippen molar-refractivity contribution in [3.05, 3.63) is 29.3 Å². The van der Waals surface area contributed by atoms with Crippen LogP contribution in [-0.4, -0.2) is 42.5 Å². The molecule has 0 aromatic heterocycles. The zero-order valence-corrected chi connectivity index (χ0v) is 10.6. The van der Waals surface area contributed by atoms with Crippen LogP contribution in [0.15, 0.2) is 18.2 Å². The molecular formula is C12H14F3NO4. The molecule has 0 amide bonds. The van der Waals surface area contributed by atoms with Crippen LogP contribution in [0.1, 0.15) is 15.9 Å². The van der Waals surface area contributed by atoms with Gasteiger partial charge in [-0.25, -0.2) is 4.79 Å². The van der Waals surface area contributed by atoms with Crippen molar-refractivity contribution in [3.63, 3.8) is 0 Å². The number of alkyl halides is 3. The van der Waals surface area contributed by atoms with Crippen LogP contribution in [0.4, 0.5) is 18.9 Å². The zero-order chi connectivity index (χ0) is 15.3. The molecular weight excluding hydrogens is 279 g/mol. The lowest BCUT2D eigenvalue weighted by molar-refractivity contribution is -0.137. The van der Waals surface area contributed by atoms with Crippen LogP contribution in [-0.2, 0) is 10.9 Å². The molecule has 3 N–H and O–H groups in total. The molecule has 0 fully saturated rings. The number of aliphatic hydroxyl groups excluding tert-OH is 2. The SMILES string of the molecule is COC(=O)c1ccc(C(F)(F)F)cc1NCC(O)CO. The molecule has 112 valence electrons. The van der Waals surface area contributed by atoms with Crippen LogP contribution < -0.4 is 5.32 Å². The number of halogens is 3. The second-order valence-corrected chi connectivity index (χ2v) is 3.97. The molecule has 0 spiro atoms. The lowest BCUT2D eigenvalue weighted by atomic mass is 10.1. The van der Waals surface area contributed by atoms with Crippen molar-refractivity contribution >= 4 is 11.7 Å². The fourth-order valence-corrected chi connectivity index (χ4v) is 1.45. The molecule has 1 rings (SSSR count). The Balaban J connectivity index is 3.09. The first kappa shape index (κ1) is 16.3. The monoisotopic (exact) mass is 293 g/mol.